The Bertz CT molecular complexity index is 254. The molecule has 2 fully saturated rings. The van der Waals surface area contributed by atoms with Crippen molar-refractivity contribution in [2.75, 3.05) is 0 Å². The number of rotatable bonds is 3. The third-order valence-corrected chi connectivity index (χ3v) is 3.00. The molecular formula is C9H13NO3. The van der Waals surface area contributed by atoms with E-state index in [1.165, 1.54) is 0 Å². The van der Waals surface area contributed by atoms with Crippen LogP contribution in [0.15, 0.2) is 0 Å². The van der Waals surface area contributed by atoms with Gasteiger partial charge in [-0.1, -0.05) is 6.42 Å². The third kappa shape index (κ3) is 1.41. The number of aliphatic carboxylic acids is 1. The largest absolute Gasteiger partial charge is 0.480 e. The van der Waals surface area contributed by atoms with Crippen molar-refractivity contribution in [2.24, 2.45) is 5.92 Å². The zero-order chi connectivity index (χ0) is 9.47. The van der Waals surface area contributed by atoms with Crippen LogP contribution in [0.25, 0.3) is 0 Å². The highest BCUT2D eigenvalue weighted by atomic mass is 16.4. The van der Waals surface area contributed by atoms with Gasteiger partial charge in [0.05, 0.1) is 0 Å². The van der Waals surface area contributed by atoms with Crippen LogP contribution in [-0.4, -0.2) is 22.5 Å². The summed E-state index contributed by atoms with van der Waals surface area (Å²) in [5, 5.41) is 11.4. The SMILES string of the molecule is O=C(NC1(C(=O)O)CC1)C1CCC1. The Morgan fingerprint density at radius 2 is 1.92 bits per heavy atom. The minimum atomic E-state index is -0.896. The summed E-state index contributed by atoms with van der Waals surface area (Å²) in [4.78, 5) is 22.1. The summed E-state index contributed by atoms with van der Waals surface area (Å²) < 4.78 is 0. The zero-order valence-corrected chi connectivity index (χ0v) is 7.38. The average Bonchev–Trinajstić information content (AvgIpc) is 2.64. The Balaban J connectivity index is 1.90. The molecule has 0 heterocycles. The summed E-state index contributed by atoms with van der Waals surface area (Å²) in [6.45, 7) is 0. The molecular weight excluding hydrogens is 170 g/mol. The van der Waals surface area contributed by atoms with Crippen molar-refractivity contribution in [2.45, 2.75) is 37.6 Å². The van der Waals surface area contributed by atoms with Crippen molar-refractivity contribution in [3.63, 3.8) is 0 Å². The standard InChI is InChI=1S/C9H13NO3/c11-7(6-2-1-3-6)10-9(4-5-9)8(12)13/h6H,1-5H2,(H,10,11)(H,12,13). The molecule has 0 aromatic heterocycles. The molecule has 2 saturated carbocycles. The lowest BCUT2D eigenvalue weighted by atomic mass is 9.84. The minimum Gasteiger partial charge on any atom is -0.480 e. The van der Waals surface area contributed by atoms with E-state index in [4.69, 9.17) is 5.11 Å². The second kappa shape index (κ2) is 2.72. The highest BCUT2D eigenvalue weighted by molar-refractivity contribution is 5.90. The fraction of sp³-hybridized carbons (Fsp3) is 0.778. The molecule has 0 saturated heterocycles. The monoisotopic (exact) mass is 183 g/mol. The van der Waals surface area contributed by atoms with Gasteiger partial charge in [0.1, 0.15) is 5.54 Å². The Hall–Kier alpha value is -1.06. The van der Waals surface area contributed by atoms with Gasteiger partial charge in [0.15, 0.2) is 0 Å². The number of hydrogen-bond donors (Lipinski definition) is 2. The Kier molecular flexibility index (Phi) is 1.78. The summed E-state index contributed by atoms with van der Waals surface area (Å²) >= 11 is 0. The van der Waals surface area contributed by atoms with E-state index in [2.05, 4.69) is 5.32 Å². The van der Waals surface area contributed by atoms with Crippen molar-refractivity contribution < 1.29 is 14.7 Å². The van der Waals surface area contributed by atoms with Crippen LogP contribution in [0.5, 0.6) is 0 Å². The van der Waals surface area contributed by atoms with E-state index in [9.17, 15) is 9.59 Å². The lowest BCUT2D eigenvalue weighted by Gasteiger charge is -2.25. The van der Waals surface area contributed by atoms with Gasteiger partial charge < -0.3 is 10.4 Å². The summed E-state index contributed by atoms with van der Waals surface area (Å²) in [7, 11) is 0. The van der Waals surface area contributed by atoms with Crippen LogP contribution in [0, 0.1) is 5.92 Å². The number of carboxylic acid groups (broad SMARTS) is 1. The van der Waals surface area contributed by atoms with Crippen LogP contribution in [0.3, 0.4) is 0 Å². The van der Waals surface area contributed by atoms with E-state index < -0.39 is 11.5 Å². The lowest BCUT2D eigenvalue weighted by molar-refractivity contribution is -0.144. The van der Waals surface area contributed by atoms with Crippen LogP contribution >= 0.6 is 0 Å². The maximum absolute atomic E-state index is 11.4. The maximum Gasteiger partial charge on any atom is 0.329 e. The highest BCUT2D eigenvalue weighted by Gasteiger charge is 2.52. The third-order valence-electron chi connectivity index (χ3n) is 3.00. The van der Waals surface area contributed by atoms with Crippen LogP contribution in [0.2, 0.25) is 0 Å². The average molecular weight is 183 g/mol. The number of carboxylic acids is 1. The fourth-order valence-electron chi connectivity index (χ4n) is 1.53. The topological polar surface area (TPSA) is 66.4 Å². The molecule has 0 aromatic rings. The molecule has 0 aromatic carbocycles. The van der Waals surface area contributed by atoms with E-state index in [1.807, 2.05) is 0 Å². The molecule has 0 radical (unpaired) electrons. The van der Waals surface area contributed by atoms with Crippen LogP contribution < -0.4 is 5.32 Å². The van der Waals surface area contributed by atoms with Gasteiger partial charge in [0, 0.05) is 5.92 Å². The molecule has 0 atom stereocenters. The van der Waals surface area contributed by atoms with E-state index in [0.29, 0.717) is 12.8 Å². The molecule has 2 N–H and O–H groups in total. The molecule has 4 heteroatoms. The van der Waals surface area contributed by atoms with Gasteiger partial charge in [-0.05, 0) is 25.7 Å². The highest BCUT2D eigenvalue weighted by Crippen LogP contribution is 2.37. The number of hydrogen-bond acceptors (Lipinski definition) is 2. The van der Waals surface area contributed by atoms with Gasteiger partial charge in [-0.25, -0.2) is 4.79 Å². The van der Waals surface area contributed by atoms with E-state index in [-0.39, 0.29) is 11.8 Å². The second-order valence-electron chi connectivity index (χ2n) is 4.00. The molecule has 0 spiro atoms. The predicted octanol–water partition coefficient (Wildman–Crippen LogP) is 0.520. The minimum absolute atomic E-state index is 0.0637. The first-order valence-corrected chi connectivity index (χ1v) is 4.69. The fourth-order valence-corrected chi connectivity index (χ4v) is 1.53. The number of nitrogens with one attached hydrogen (secondary N) is 1. The van der Waals surface area contributed by atoms with Crippen molar-refractivity contribution in [3.8, 4) is 0 Å². The van der Waals surface area contributed by atoms with Gasteiger partial charge >= 0.3 is 5.97 Å². The molecule has 0 unspecified atom stereocenters. The molecule has 2 aliphatic carbocycles. The van der Waals surface area contributed by atoms with Gasteiger partial charge in [0.25, 0.3) is 0 Å². The van der Waals surface area contributed by atoms with Gasteiger partial charge in [-0.15, -0.1) is 0 Å². The number of amides is 1. The molecule has 72 valence electrons. The molecule has 1 amide bonds. The summed E-state index contributed by atoms with van der Waals surface area (Å²) in [5.41, 5.74) is -0.896. The van der Waals surface area contributed by atoms with Crippen molar-refractivity contribution in [3.05, 3.63) is 0 Å². The molecule has 0 bridgehead atoms. The summed E-state index contributed by atoms with van der Waals surface area (Å²) in [6.07, 6.45) is 4.10. The van der Waals surface area contributed by atoms with Gasteiger partial charge in [-0.3, -0.25) is 4.79 Å². The Morgan fingerprint density at radius 3 is 2.23 bits per heavy atom. The summed E-state index contributed by atoms with van der Waals surface area (Å²) in [6, 6.07) is 0. The number of carbonyl (C=O) groups is 2. The van der Waals surface area contributed by atoms with E-state index >= 15 is 0 Å². The summed E-state index contributed by atoms with van der Waals surface area (Å²) in [5.74, 6) is -0.872. The van der Waals surface area contributed by atoms with Crippen LogP contribution in [0.4, 0.5) is 0 Å². The Morgan fingerprint density at radius 1 is 1.31 bits per heavy atom. The van der Waals surface area contributed by atoms with Crippen molar-refractivity contribution in [1.82, 2.24) is 5.32 Å². The first kappa shape index (κ1) is 8.53. The quantitative estimate of drug-likeness (QED) is 0.670. The molecule has 2 aliphatic rings. The van der Waals surface area contributed by atoms with Gasteiger partial charge in [0.2, 0.25) is 5.91 Å². The van der Waals surface area contributed by atoms with Crippen molar-refractivity contribution >= 4 is 11.9 Å². The van der Waals surface area contributed by atoms with Crippen molar-refractivity contribution in [1.29, 1.82) is 0 Å². The maximum atomic E-state index is 11.4. The predicted molar refractivity (Wildman–Crippen MR) is 45.1 cm³/mol. The van der Waals surface area contributed by atoms with Crippen LogP contribution in [-0.2, 0) is 9.59 Å². The Labute approximate surface area is 76.3 Å². The number of carbonyl (C=O) groups excluding carboxylic acids is 1. The zero-order valence-electron chi connectivity index (χ0n) is 7.38. The molecule has 2 rings (SSSR count). The molecule has 0 aliphatic heterocycles. The van der Waals surface area contributed by atoms with Gasteiger partial charge in [-0.2, -0.15) is 0 Å². The first-order valence-electron chi connectivity index (χ1n) is 4.69. The van der Waals surface area contributed by atoms with E-state index in [0.717, 1.165) is 19.3 Å². The van der Waals surface area contributed by atoms with Crippen LogP contribution in [0.1, 0.15) is 32.1 Å². The van der Waals surface area contributed by atoms with E-state index in [1.54, 1.807) is 0 Å². The molecule has 13 heavy (non-hydrogen) atoms. The second-order valence-corrected chi connectivity index (χ2v) is 4.00. The molecule has 4 nitrogen and oxygen atoms in total. The first-order chi connectivity index (χ1) is 6.14. The normalized spacial score (nSPS) is 24.6. The smallest absolute Gasteiger partial charge is 0.329 e. The lowest BCUT2D eigenvalue weighted by Crippen LogP contribution is -2.47.